The normalized spacial score (nSPS) is 13.2. The molecule has 1 aromatic carbocycles. The number of rotatable bonds is 6. The van der Waals surface area contributed by atoms with Crippen LogP contribution >= 0.6 is 0 Å². The van der Waals surface area contributed by atoms with E-state index in [9.17, 15) is 0 Å². The summed E-state index contributed by atoms with van der Waals surface area (Å²) in [5.74, 6) is 0. The highest BCUT2D eigenvalue weighted by molar-refractivity contribution is 6.05. The highest BCUT2D eigenvalue weighted by Gasteiger charge is 2.08. The fourth-order valence-electron chi connectivity index (χ4n) is 3.01. The maximum Gasteiger partial charge on any atom is 0.0887 e. The van der Waals surface area contributed by atoms with Gasteiger partial charge in [0.1, 0.15) is 0 Å². The Morgan fingerprint density at radius 1 is 0.900 bits per heavy atom. The molecule has 0 amide bonds. The molecule has 1 unspecified atom stereocenters. The average molecular weight is 399 g/mol. The Morgan fingerprint density at radius 3 is 2.00 bits per heavy atom. The van der Waals surface area contributed by atoms with E-state index in [1.165, 1.54) is 0 Å². The lowest BCUT2D eigenvalue weighted by Gasteiger charge is -2.09. The predicted molar refractivity (Wildman–Crippen MR) is 123 cm³/mol. The Balaban J connectivity index is 1.97. The second kappa shape index (κ2) is 9.15. The van der Waals surface area contributed by atoms with Crippen LogP contribution < -0.4 is 17.2 Å². The number of benzene rings is 1. The molecule has 0 bridgehead atoms. The van der Waals surface area contributed by atoms with Crippen LogP contribution in [0.4, 0.5) is 0 Å². The van der Waals surface area contributed by atoms with Crippen LogP contribution in [-0.4, -0.2) is 21.7 Å². The van der Waals surface area contributed by atoms with Crippen LogP contribution in [0.5, 0.6) is 0 Å². The molecule has 7 N–H and O–H groups in total. The lowest BCUT2D eigenvalue weighted by Crippen LogP contribution is -2.14. The van der Waals surface area contributed by atoms with Gasteiger partial charge >= 0.3 is 0 Å². The maximum atomic E-state index is 8.15. The van der Waals surface area contributed by atoms with Crippen LogP contribution in [0, 0.1) is 5.41 Å². The topological polar surface area (TPSA) is 128 Å². The van der Waals surface area contributed by atoms with E-state index in [1.54, 1.807) is 25.1 Å². The van der Waals surface area contributed by atoms with E-state index < -0.39 is 0 Å². The van der Waals surface area contributed by atoms with Crippen molar-refractivity contribution in [2.45, 2.75) is 19.9 Å². The Bertz CT molecular complexity index is 1060. The Hall–Kier alpha value is -3.77. The number of hydrogen-bond acceptors (Lipinski definition) is 6. The molecule has 2 heterocycles. The fraction of sp³-hybridized carbons (Fsp3) is 0.125. The minimum atomic E-state index is -0.145. The molecule has 0 saturated heterocycles. The highest BCUT2D eigenvalue weighted by atomic mass is 14.8. The molecule has 2 aromatic heterocycles. The third-order valence-corrected chi connectivity index (χ3v) is 4.34. The van der Waals surface area contributed by atoms with E-state index in [2.05, 4.69) is 9.97 Å². The molecule has 0 saturated carbocycles. The van der Waals surface area contributed by atoms with E-state index >= 15 is 0 Å². The van der Waals surface area contributed by atoms with Crippen molar-refractivity contribution in [3.8, 4) is 22.5 Å². The summed E-state index contributed by atoms with van der Waals surface area (Å²) in [5, 5.41) is 8.15. The summed E-state index contributed by atoms with van der Waals surface area (Å²) in [6, 6.07) is 19.2. The van der Waals surface area contributed by atoms with Gasteiger partial charge in [0.05, 0.1) is 34.2 Å². The summed E-state index contributed by atoms with van der Waals surface area (Å²) in [7, 11) is 0. The van der Waals surface area contributed by atoms with Gasteiger partial charge in [-0.25, -0.2) is 9.97 Å². The van der Waals surface area contributed by atoms with Gasteiger partial charge < -0.3 is 17.2 Å². The fourth-order valence-corrected chi connectivity index (χ4v) is 3.01. The summed E-state index contributed by atoms with van der Waals surface area (Å²) in [6.45, 7) is 3.62. The molecule has 0 fully saturated rings. The third kappa shape index (κ3) is 5.18. The smallest absolute Gasteiger partial charge is 0.0887 e. The number of nitrogens with zero attached hydrogens (tertiary/aromatic N) is 2. The van der Waals surface area contributed by atoms with Crippen molar-refractivity contribution in [1.82, 2.24) is 9.97 Å². The van der Waals surface area contributed by atoms with Gasteiger partial charge in [-0.2, -0.15) is 0 Å². The summed E-state index contributed by atoms with van der Waals surface area (Å²) in [4.78, 5) is 9.31. The number of pyridine rings is 2. The molecule has 0 aliphatic rings. The molecule has 6 nitrogen and oxygen atoms in total. The van der Waals surface area contributed by atoms with Gasteiger partial charge in [-0.15, -0.1) is 0 Å². The largest absolute Gasteiger partial charge is 0.402 e. The van der Waals surface area contributed by atoms with E-state index in [0.717, 1.165) is 22.5 Å². The molecular weight excluding hydrogens is 372 g/mol. The zero-order chi connectivity index (χ0) is 21.7. The zero-order valence-corrected chi connectivity index (χ0v) is 17.1. The van der Waals surface area contributed by atoms with Gasteiger partial charge in [0.25, 0.3) is 0 Å². The molecule has 0 aliphatic heterocycles. The second-order valence-corrected chi connectivity index (χ2v) is 7.18. The Morgan fingerprint density at radius 2 is 1.43 bits per heavy atom. The maximum absolute atomic E-state index is 8.15. The number of allylic oxidation sites excluding steroid dienone is 2. The zero-order valence-electron chi connectivity index (χ0n) is 17.1. The molecule has 152 valence electrons. The van der Waals surface area contributed by atoms with Gasteiger partial charge in [-0.3, -0.25) is 5.41 Å². The Labute approximate surface area is 176 Å². The molecule has 3 rings (SSSR count). The van der Waals surface area contributed by atoms with Crippen molar-refractivity contribution < 1.29 is 0 Å². The SMILES string of the molecule is CC(N)=CC(=N)c1cccc(-c2cccc(-c3cccc(/C(N)=C/C(C)N)n3)c2)n1. The van der Waals surface area contributed by atoms with Crippen LogP contribution in [0.2, 0.25) is 0 Å². The first-order valence-electron chi connectivity index (χ1n) is 9.64. The van der Waals surface area contributed by atoms with Gasteiger partial charge in [0.2, 0.25) is 0 Å². The van der Waals surface area contributed by atoms with Gasteiger partial charge in [0.15, 0.2) is 0 Å². The predicted octanol–water partition coefficient (Wildman–Crippen LogP) is 3.69. The molecule has 6 heteroatoms. The molecular formula is C24H26N6. The van der Waals surface area contributed by atoms with E-state index in [1.807, 2.05) is 61.5 Å². The highest BCUT2D eigenvalue weighted by Crippen LogP contribution is 2.25. The number of aromatic nitrogens is 2. The minimum absolute atomic E-state index is 0.145. The van der Waals surface area contributed by atoms with Crippen LogP contribution in [0.3, 0.4) is 0 Å². The number of hydrogen-bond donors (Lipinski definition) is 4. The monoisotopic (exact) mass is 398 g/mol. The van der Waals surface area contributed by atoms with Crippen molar-refractivity contribution in [3.05, 3.63) is 89.9 Å². The van der Waals surface area contributed by atoms with Crippen LogP contribution in [0.15, 0.2) is 78.5 Å². The summed E-state index contributed by atoms with van der Waals surface area (Å²) in [5.41, 5.74) is 23.7. The standard InChI is InChI=1S/C24H26N6/c1-15(25)12-19(27)23-10-4-8-21(29-23)17-6-3-7-18(14-17)22-9-5-11-24(30-22)20(28)13-16(2)26/h3-15,28H,25-27H2,1-2H3/b16-13?,19-12-,28-20?. The number of nitrogens with one attached hydrogen (secondary N) is 1. The van der Waals surface area contributed by atoms with E-state index in [-0.39, 0.29) is 11.8 Å². The quantitative estimate of drug-likeness (QED) is 0.471. The lowest BCUT2D eigenvalue weighted by molar-refractivity contribution is 0.924. The second-order valence-electron chi connectivity index (χ2n) is 7.18. The Kier molecular flexibility index (Phi) is 6.39. The van der Waals surface area contributed by atoms with Gasteiger partial charge in [-0.05, 0) is 56.3 Å². The molecule has 30 heavy (non-hydrogen) atoms. The molecule has 1 atom stereocenters. The molecule has 0 spiro atoms. The first-order valence-corrected chi connectivity index (χ1v) is 9.64. The van der Waals surface area contributed by atoms with Crippen LogP contribution in [-0.2, 0) is 0 Å². The number of nitrogens with two attached hydrogens (primary N) is 3. The molecule has 3 aromatic rings. The van der Waals surface area contributed by atoms with E-state index in [4.69, 9.17) is 22.6 Å². The van der Waals surface area contributed by atoms with Crippen molar-refractivity contribution in [2.24, 2.45) is 17.2 Å². The van der Waals surface area contributed by atoms with Gasteiger partial charge in [0, 0.05) is 22.9 Å². The van der Waals surface area contributed by atoms with Crippen molar-refractivity contribution in [1.29, 1.82) is 5.41 Å². The van der Waals surface area contributed by atoms with Crippen molar-refractivity contribution in [2.75, 3.05) is 0 Å². The minimum Gasteiger partial charge on any atom is -0.402 e. The average Bonchev–Trinajstić information content (AvgIpc) is 2.73. The van der Waals surface area contributed by atoms with E-state index in [0.29, 0.717) is 22.8 Å². The lowest BCUT2D eigenvalue weighted by atomic mass is 10.0. The summed E-state index contributed by atoms with van der Waals surface area (Å²) in [6.07, 6.45) is 3.38. The first-order chi connectivity index (χ1) is 14.3. The van der Waals surface area contributed by atoms with Crippen molar-refractivity contribution >= 4 is 11.4 Å². The van der Waals surface area contributed by atoms with Crippen LogP contribution in [0.25, 0.3) is 28.2 Å². The summed E-state index contributed by atoms with van der Waals surface area (Å²) >= 11 is 0. The van der Waals surface area contributed by atoms with Crippen LogP contribution in [0.1, 0.15) is 25.2 Å². The van der Waals surface area contributed by atoms with Crippen molar-refractivity contribution in [3.63, 3.8) is 0 Å². The van der Waals surface area contributed by atoms with Gasteiger partial charge in [-0.1, -0.05) is 30.3 Å². The third-order valence-electron chi connectivity index (χ3n) is 4.34. The first kappa shape index (κ1) is 21.0. The molecule has 0 radical (unpaired) electrons. The summed E-state index contributed by atoms with van der Waals surface area (Å²) < 4.78 is 0. The molecule has 0 aliphatic carbocycles.